The Kier molecular flexibility index (Phi) is 9.87. The maximum absolute atomic E-state index is 13.9. The second-order valence-corrected chi connectivity index (χ2v) is 10.7. The van der Waals surface area contributed by atoms with E-state index < -0.39 is 17.6 Å². The molecule has 13 heteroatoms. The molecule has 0 spiro atoms. The number of aryl methyl sites for hydroxylation is 1. The number of carbonyl (C=O) groups excluding carboxylic acids is 2. The van der Waals surface area contributed by atoms with Crippen molar-refractivity contribution in [3.8, 4) is 17.4 Å². The zero-order valence-electron chi connectivity index (χ0n) is 24.7. The zero-order chi connectivity index (χ0) is 31.3. The smallest absolute Gasteiger partial charge is 0.423 e. The van der Waals surface area contributed by atoms with Crippen molar-refractivity contribution < 1.29 is 32.2 Å². The van der Waals surface area contributed by atoms with E-state index in [1.165, 1.54) is 13.2 Å². The minimum absolute atomic E-state index is 0.0640. The summed E-state index contributed by atoms with van der Waals surface area (Å²) in [7, 11) is 7.06. The van der Waals surface area contributed by atoms with Gasteiger partial charge in [-0.3, -0.25) is 9.59 Å². The van der Waals surface area contributed by atoms with Crippen LogP contribution in [-0.2, 0) is 12.7 Å². The van der Waals surface area contributed by atoms with Crippen LogP contribution in [0.25, 0.3) is 0 Å². The summed E-state index contributed by atoms with van der Waals surface area (Å²) in [5.74, 6) is -1.02. The molecule has 0 unspecified atom stereocenters. The maximum atomic E-state index is 13.9. The summed E-state index contributed by atoms with van der Waals surface area (Å²) in [4.78, 5) is 36.9. The van der Waals surface area contributed by atoms with E-state index in [1.807, 2.05) is 11.9 Å². The van der Waals surface area contributed by atoms with E-state index in [-0.39, 0.29) is 35.0 Å². The number of nitrogens with one attached hydrogen (secondary N) is 2. The van der Waals surface area contributed by atoms with Crippen LogP contribution >= 0.6 is 0 Å². The highest BCUT2D eigenvalue weighted by molar-refractivity contribution is 5.97. The van der Waals surface area contributed by atoms with Crippen molar-refractivity contribution in [2.24, 2.45) is 0 Å². The third-order valence-corrected chi connectivity index (χ3v) is 7.12. The van der Waals surface area contributed by atoms with Crippen LogP contribution < -0.4 is 20.1 Å². The highest BCUT2D eigenvalue weighted by atomic mass is 19.4. The first-order chi connectivity index (χ1) is 20.4. The first-order valence-electron chi connectivity index (χ1n) is 13.7. The van der Waals surface area contributed by atoms with Gasteiger partial charge in [0.05, 0.1) is 18.4 Å². The SMILES string of the molecule is COc1cc(C(=O)NC2CCN(C)CC2)c(C)cc1Nc1ncc(C(F)(F)F)c(Oc2cccc(CN(C)C)c2C=O)n1. The van der Waals surface area contributed by atoms with Gasteiger partial charge < -0.3 is 29.9 Å². The van der Waals surface area contributed by atoms with E-state index in [1.54, 1.807) is 45.3 Å². The van der Waals surface area contributed by atoms with Crippen molar-refractivity contribution in [3.63, 3.8) is 0 Å². The molecule has 1 amide bonds. The van der Waals surface area contributed by atoms with Gasteiger partial charge in [-0.25, -0.2) is 4.98 Å². The van der Waals surface area contributed by atoms with E-state index in [9.17, 15) is 22.8 Å². The first-order valence-corrected chi connectivity index (χ1v) is 13.7. The topological polar surface area (TPSA) is 109 Å². The quantitative estimate of drug-likeness (QED) is 0.309. The van der Waals surface area contributed by atoms with Crippen LogP contribution in [0.15, 0.2) is 36.5 Å². The van der Waals surface area contributed by atoms with Gasteiger partial charge in [-0.2, -0.15) is 18.2 Å². The number of amides is 1. The normalized spacial score (nSPS) is 14.4. The second-order valence-electron chi connectivity index (χ2n) is 10.7. The summed E-state index contributed by atoms with van der Waals surface area (Å²) in [5.41, 5.74) is 0.853. The molecule has 0 radical (unpaired) electrons. The summed E-state index contributed by atoms with van der Waals surface area (Å²) < 4.78 is 52.8. The molecule has 43 heavy (non-hydrogen) atoms. The standard InChI is InChI=1S/C30H35F3N6O4/c1-18-13-24(26(42-5)14-21(18)27(41)35-20-9-11-39(4)12-10-20)36-29-34-15-23(30(31,32)33)28(37-29)43-25-8-6-7-19(16-38(2)3)22(25)17-40/h6-8,13-15,17,20H,9-12,16H2,1-5H3,(H,35,41)(H,34,36,37). The molecular weight excluding hydrogens is 565 g/mol. The van der Waals surface area contributed by atoms with Gasteiger partial charge in [-0.15, -0.1) is 0 Å². The number of aldehydes is 1. The largest absolute Gasteiger partial charge is 0.495 e. The van der Waals surface area contributed by atoms with Crippen molar-refractivity contribution in [3.05, 3.63) is 64.3 Å². The first kappa shape index (κ1) is 31.7. The van der Waals surface area contributed by atoms with E-state index in [0.717, 1.165) is 25.9 Å². The van der Waals surface area contributed by atoms with Gasteiger partial charge in [0.15, 0.2) is 6.29 Å². The molecule has 0 bridgehead atoms. The maximum Gasteiger partial charge on any atom is 0.423 e. The Morgan fingerprint density at radius 1 is 1.19 bits per heavy atom. The van der Waals surface area contributed by atoms with Crippen molar-refractivity contribution in [1.29, 1.82) is 0 Å². The fourth-order valence-corrected chi connectivity index (χ4v) is 4.83. The number of anilines is 2. The lowest BCUT2D eigenvalue weighted by molar-refractivity contribution is -0.139. The summed E-state index contributed by atoms with van der Waals surface area (Å²) in [6.07, 6.45) is -1.98. The molecule has 0 saturated carbocycles. The zero-order valence-corrected chi connectivity index (χ0v) is 24.7. The number of alkyl halides is 3. The van der Waals surface area contributed by atoms with Gasteiger partial charge in [-0.05, 0) is 83.3 Å². The van der Waals surface area contributed by atoms with Gasteiger partial charge >= 0.3 is 6.18 Å². The number of likely N-dealkylation sites (tertiary alicyclic amines) is 1. The summed E-state index contributed by atoms with van der Waals surface area (Å²) in [5, 5.41) is 5.95. The van der Waals surface area contributed by atoms with Gasteiger partial charge in [0.1, 0.15) is 17.1 Å². The van der Waals surface area contributed by atoms with E-state index in [0.29, 0.717) is 41.4 Å². The number of nitrogens with zero attached hydrogens (tertiary/aromatic N) is 4. The summed E-state index contributed by atoms with van der Waals surface area (Å²) >= 11 is 0. The Morgan fingerprint density at radius 3 is 2.53 bits per heavy atom. The highest BCUT2D eigenvalue weighted by Crippen LogP contribution is 2.39. The third-order valence-electron chi connectivity index (χ3n) is 7.12. The number of halogens is 3. The Labute approximate surface area is 248 Å². The molecule has 1 aliphatic rings. The van der Waals surface area contributed by atoms with Crippen molar-refractivity contribution >= 4 is 23.8 Å². The number of rotatable bonds is 10. The van der Waals surface area contributed by atoms with Gasteiger partial charge in [0, 0.05) is 24.3 Å². The van der Waals surface area contributed by atoms with Gasteiger partial charge in [0.25, 0.3) is 5.91 Å². The molecule has 1 aliphatic heterocycles. The number of hydrogen-bond donors (Lipinski definition) is 2. The van der Waals surface area contributed by atoms with Crippen LogP contribution in [0, 0.1) is 6.92 Å². The van der Waals surface area contributed by atoms with Gasteiger partial charge in [0.2, 0.25) is 11.8 Å². The molecule has 1 aromatic heterocycles. The number of benzene rings is 2. The average molecular weight is 601 g/mol. The second kappa shape index (κ2) is 13.4. The van der Waals surface area contributed by atoms with Crippen molar-refractivity contribution in [1.82, 2.24) is 25.1 Å². The van der Waals surface area contributed by atoms with Crippen LogP contribution in [0.1, 0.15) is 50.2 Å². The van der Waals surface area contributed by atoms with E-state index in [2.05, 4.69) is 25.5 Å². The lowest BCUT2D eigenvalue weighted by atomic mass is 10.0. The Hall–Kier alpha value is -4.23. The Balaban J connectivity index is 1.63. The van der Waals surface area contributed by atoms with Crippen LogP contribution in [0.5, 0.6) is 17.4 Å². The fourth-order valence-electron chi connectivity index (χ4n) is 4.83. The van der Waals surface area contributed by atoms with Crippen LogP contribution in [0.4, 0.5) is 24.8 Å². The van der Waals surface area contributed by atoms with Crippen LogP contribution in [0.3, 0.4) is 0 Å². The summed E-state index contributed by atoms with van der Waals surface area (Å²) in [6, 6.07) is 7.96. The number of methoxy groups -OCH3 is 1. The number of aromatic nitrogens is 2. The van der Waals surface area contributed by atoms with E-state index in [4.69, 9.17) is 9.47 Å². The highest BCUT2D eigenvalue weighted by Gasteiger charge is 2.37. The molecule has 10 nitrogen and oxygen atoms in total. The molecule has 3 aromatic rings. The van der Waals surface area contributed by atoms with Crippen molar-refractivity contribution in [2.45, 2.75) is 38.5 Å². The molecule has 1 fully saturated rings. The molecule has 0 aliphatic carbocycles. The molecular formula is C30H35F3N6O4. The minimum Gasteiger partial charge on any atom is -0.495 e. The molecule has 4 rings (SSSR count). The lowest BCUT2D eigenvalue weighted by Crippen LogP contribution is -2.43. The molecule has 2 heterocycles. The number of carbonyl (C=O) groups is 2. The number of piperidine rings is 1. The van der Waals surface area contributed by atoms with Gasteiger partial charge in [-0.1, -0.05) is 12.1 Å². The molecule has 0 atom stereocenters. The average Bonchev–Trinajstić information content (AvgIpc) is 2.94. The molecule has 1 saturated heterocycles. The lowest BCUT2D eigenvalue weighted by Gasteiger charge is -2.29. The van der Waals surface area contributed by atoms with Crippen LogP contribution in [0.2, 0.25) is 0 Å². The monoisotopic (exact) mass is 600 g/mol. The predicted molar refractivity (Wildman–Crippen MR) is 155 cm³/mol. The Bertz CT molecular complexity index is 1470. The third kappa shape index (κ3) is 7.79. The number of ether oxygens (including phenoxy) is 2. The van der Waals surface area contributed by atoms with E-state index >= 15 is 0 Å². The Morgan fingerprint density at radius 2 is 1.91 bits per heavy atom. The molecule has 230 valence electrons. The summed E-state index contributed by atoms with van der Waals surface area (Å²) in [6.45, 7) is 3.91. The molecule has 2 aromatic carbocycles. The fraction of sp³-hybridized carbons (Fsp3) is 0.400. The van der Waals surface area contributed by atoms with Crippen LogP contribution in [-0.4, -0.2) is 79.3 Å². The number of hydrogen-bond acceptors (Lipinski definition) is 9. The molecule has 2 N–H and O–H groups in total. The predicted octanol–water partition coefficient (Wildman–Crippen LogP) is 5.05. The van der Waals surface area contributed by atoms with Crippen molar-refractivity contribution in [2.75, 3.05) is 46.7 Å². The minimum atomic E-state index is -4.83.